The number of hydrogen-bond donors (Lipinski definition) is 1. The van der Waals surface area contributed by atoms with Gasteiger partial charge in [-0.25, -0.2) is 8.42 Å². The van der Waals surface area contributed by atoms with Gasteiger partial charge >= 0.3 is 0 Å². The van der Waals surface area contributed by atoms with E-state index in [2.05, 4.69) is 26.1 Å². The lowest BCUT2D eigenvalue weighted by Crippen LogP contribution is -2.54. The first-order valence-corrected chi connectivity index (χ1v) is 9.61. The molecule has 0 saturated carbocycles. The Morgan fingerprint density at radius 1 is 1.22 bits per heavy atom. The Morgan fingerprint density at radius 2 is 1.83 bits per heavy atom. The van der Waals surface area contributed by atoms with Crippen LogP contribution in [0.1, 0.15) is 33.3 Å². The summed E-state index contributed by atoms with van der Waals surface area (Å²) in [5.74, 6) is -0.0115. The minimum Gasteiger partial charge on any atom is -0.353 e. The van der Waals surface area contributed by atoms with Crippen molar-refractivity contribution in [3.63, 3.8) is 0 Å². The fourth-order valence-corrected chi connectivity index (χ4v) is 3.91. The molecule has 0 aliphatic carbocycles. The van der Waals surface area contributed by atoms with Gasteiger partial charge in [-0.05, 0) is 30.0 Å². The molecule has 0 aromatic heterocycles. The standard InChI is InChI=1S/C17H26N2O3S/c1-13-16(20)18-9-10-19(13)11-12-23(21,22)15-7-5-14(6-8-15)17(2,3)4/h5-8,13H,9-12H2,1-4H3,(H,18,20). The SMILES string of the molecule is CC1C(=O)NCCN1CCS(=O)(=O)c1ccc(C(C)(C)C)cc1. The van der Waals surface area contributed by atoms with Gasteiger partial charge in [-0.15, -0.1) is 0 Å². The van der Waals surface area contributed by atoms with Crippen LogP contribution in [0.2, 0.25) is 0 Å². The molecular weight excluding hydrogens is 312 g/mol. The highest BCUT2D eigenvalue weighted by molar-refractivity contribution is 7.91. The quantitative estimate of drug-likeness (QED) is 0.905. The first kappa shape index (κ1) is 17.9. The van der Waals surface area contributed by atoms with Crippen LogP contribution in [0, 0.1) is 0 Å². The van der Waals surface area contributed by atoms with E-state index in [1.54, 1.807) is 19.1 Å². The molecular formula is C17H26N2O3S. The number of piperazine rings is 1. The summed E-state index contributed by atoms with van der Waals surface area (Å²) in [5, 5.41) is 2.78. The second kappa shape index (κ2) is 6.61. The van der Waals surface area contributed by atoms with Gasteiger partial charge in [0.1, 0.15) is 0 Å². The maximum atomic E-state index is 12.5. The molecule has 1 aromatic rings. The number of nitrogens with one attached hydrogen (secondary N) is 1. The van der Waals surface area contributed by atoms with Gasteiger partial charge in [-0.3, -0.25) is 9.69 Å². The van der Waals surface area contributed by atoms with Crippen LogP contribution in [0.5, 0.6) is 0 Å². The van der Waals surface area contributed by atoms with Crippen LogP contribution >= 0.6 is 0 Å². The van der Waals surface area contributed by atoms with E-state index in [1.165, 1.54) is 0 Å². The van der Waals surface area contributed by atoms with Crippen LogP contribution in [0.25, 0.3) is 0 Å². The number of rotatable bonds is 4. The normalized spacial score (nSPS) is 20.3. The lowest BCUT2D eigenvalue weighted by Gasteiger charge is -2.32. The summed E-state index contributed by atoms with van der Waals surface area (Å²) in [7, 11) is -3.34. The van der Waals surface area contributed by atoms with Crippen LogP contribution in [-0.4, -0.2) is 50.7 Å². The average molecular weight is 338 g/mol. The molecule has 1 amide bonds. The Hall–Kier alpha value is -1.40. The zero-order valence-electron chi connectivity index (χ0n) is 14.3. The molecule has 0 radical (unpaired) electrons. The summed E-state index contributed by atoms with van der Waals surface area (Å²) < 4.78 is 25.0. The van der Waals surface area contributed by atoms with E-state index in [0.717, 1.165) is 5.56 Å². The molecule has 6 heteroatoms. The number of carbonyl (C=O) groups is 1. The second-order valence-electron chi connectivity index (χ2n) is 7.10. The highest BCUT2D eigenvalue weighted by Crippen LogP contribution is 2.23. The highest BCUT2D eigenvalue weighted by atomic mass is 32.2. The maximum Gasteiger partial charge on any atom is 0.237 e. The molecule has 1 aliphatic rings. The molecule has 1 heterocycles. The van der Waals surface area contributed by atoms with Crippen molar-refractivity contribution in [1.29, 1.82) is 0 Å². The lowest BCUT2D eigenvalue weighted by molar-refractivity contribution is -0.128. The number of carbonyl (C=O) groups excluding carboxylic acids is 1. The molecule has 1 N–H and O–H groups in total. The smallest absolute Gasteiger partial charge is 0.237 e. The minimum absolute atomic E-state index is 0.00110. The average Bonchev–Trinajstić information content (AvgIpc) is 2.48. The third-order valence-electron chi connectivity index (χ3n) is 4.35. The van der Waals surface area contributed by atoms with Crippen molar-refractivity contribution in [3.05, 3.63) is 29.8 Å². The van der Waals surface area contributed by atoms with E-state index in [0.29, 0.717) is 24.5 Å². The van der Waals surface area contributed by atoms with Crippen molar-refractivity contribution >= 4 is 15.7 Å². The summed E-state index contributed by atoms with van der Waals surface area (Å²) in [6.45, 7) is 9.73. The lowest BCUT2D eigenvalue weighted by atomic mass is 9.87. The Bertz CT molecular complexity index is 660. The summed E-state index contributed by atoms with van der Waals surface area (Å²) in [5.41, 5.74) is 1.11. The van der Waals surface area contributed by atoms with Crippen LogP contribution in [-0.2, 0) is 20.0 Å². The second-order valence-corrected chi connectivity index (χ2v) is 9.21. The van der Waals surface area contributed by atoms with Crippen molar-refractivity contribution in [3.8, 4) is 0 Å². The molecule has 1 atom stereocenters. The van der Waals surface area contributed by atoms with Gasteiger partial charge in [0.2, 0.25) is 5.91 Å². The minimum atomic E-state index is -3.34. The number of nitrogens with zero attached hydrogens (tertiary/aromatic N) is 1. The maximum absolute atomic E-state index is 12.5. The topological polar surface area (TPSA) is 66.5 Å². The zero-order chi connectivity index (χ0) is 17.3. The Labute approximate surface area is 139 Å². The van der Waals surface area contributed by atoms with E-state index in [1.807, 2.05) is 17.0 Å². The van der Waals surface area contributed by atoms with E-state index >= 15 is 0 Å². The molecule has 1 aliphatic heterocycles. The van der Waals surface area contributed by atoms with Gasteiger partial charge in [-0.1, -0.05) is 32.9 Å². The summed E-state index contributed by atoms with van der Waals surface area (Å²) in [6, 6.07) is 6.85. The van der Waals surface area contributed by atoms with Crippen LogP contribution in [0.3, 0.4) is 0 Å². The van der Waals surface area contributed by atoms with Crippen LogP contribution in [0.4, 0.5) is 0 Å². The Kier molecular flexibility index (Phi) is 5.16. The summed E-state index contributed by atoms with van der Waals surface area (Å²) >= 11 is 0. The fraction of sp³-hybridized carbons (Fsp3) is 0.588. The molecule has 1 unspecified atom stereocenters. The summed E-state index contributed by atoms with van der Waals surface area (Å²) in [4.78, 5) is 13.9. The predicted molar refractivity (Wildman–Crippen MR) is 91.2 cm³/mol. The van der Waals surface area contributed by atoms with Gasteiger partial charge in [-0.2, -0.15) is 0 Å². The van der Waals surface area contributed by atoms with E-state index in [4.69, 9.17) is 0 Å². The number of sulfone groups is 1. The molecule has 2 rings (SSSR count). The van der Waals surface area contributed by atoms with Gasteiger partial charge in [0, 0.05) is 19.6 Å². The van der Waals surface area contributed by atoms with Crippen LogP contribution in [0.15, 0.2) is 29.2 Å². The van der Waals surface area contributed by atoms with Crippen molar-refractivity contribution in [1.82, 2.24) is 10.2 Å². The number of amides is 1. The largest absolute Gasteiger partial charge is 0.353 e. The first-order valence-electron chi connectivity index (χ1n) is 7.96. The molecule has 0 spiro atoms. The molecule has 5 nitrogen and oxygen atoms in total. The predicted octanol–water partition coefficient (Wildman–Crippen LogP) is 1.58. The number of benzene rings is 1. The molecule has 1 aromatic carbocycles. The molecule has 0 bridgehead atoms. The van der Waals surface area contributed by atoms with Crippen molar-refractivity contribution < 1.29 is 13.2 Å². The highest BCUT2D eigenvalue weighted by Gasteiger charge is 2.27. The van der Waals surface area contributed by atoms with E-state index < -0.39 is 9.84 Å². The third-order valence-corrected chi connectivity index (χ3v) is 6.06. The van der Waals surface area contributed by atoms with E-state index in [9.17, 15) is 13.2 Å². The van der Waals surface area contributed by atoms with Gasteiger partial charge in [0.05, 0.1) is 16.7 Å². The van der Waals surface area contributed by atoms with E-state index in [-0.39, 0.29) is 23.1 Å². The Balaban J connectivity index is 2.05. The van der Waals surface area contributed by atoms with Crippen LogP contribution < -0.4 is 5.32 Å². The first-order chi connectivity index (χ1) is 10.6. The summed E-state index contributed by atoms with van der Waals surface area (Å²) in [6.07, 6.45) is 0. The van der Waals surface area contributed by atoms with Crippen molar-refractivity contribution in [2.45, 2.75) is 44.0 Å². The fourth-order valence-electron chi connectivity index (χ4n) is 2.65. The van der Waals surface area contributed by atoms with Gasteiger partial charge in [0.25, 0.3) is 0 Å². The monoisotopic (exact) mass is 338 g/mol. The molecule has 23 heavy (non-hydrogen) atoms. The number of hydrogen-bond acceptors (Lipinski definition) is 4. The zero-order valence-corrected chi connectivity index (χ0v) is 15.1. The molecule has 128 valence electrons. The molecule has 1 fully saturated rings. The van der Waals surface area contributed by atoms with Crippen molar-refractivity contribution in [2.24, 2.45) is 0 Å². The van der Waals surface area contributed by atoms with Gasteiger partial charge < -0.3 is 5.32 Å². The Morgan fingerprint density at radius 3 is 2.39 bits per heavy atom. The third kappa shape index (κ3) is 4.32. The van der Waals surface area contributed by atoms with Gasteiger partial charge in [0.15, 0.2) is 9.84 Å². The molecule has 1 saturated heterocycles. The van der Waals surface area contributed by atoms with Crippen molar-refractivity contribution in [2.75, 3.05) is 25.4 Å².